The van der Waals surface area contributed by atoms with Crippen molar-refractivity contribution in [1.29, 1.82) is 0 Å². The van der Waals surface area contributed by atoms with Gasteiger partial charge in [0.1, 0.15) is 18.4 Å². The number of halogens is 1. The predicted molar refractivity (Wildman–Crippen MR) is 140 cm³/mol. The Morgan fingerprint density at radius 1 is 1.00 bits per heavy atom. The third-order valence-corrected chi connectivity index (χ3v) is 6.67. The number of benzene rings is 3. The van der Waals surface area contributed by atoms with Gasteiger partial charge < -0.3 is 19.7 Å². The van der Waals surface area contributed by atoms with Crippen molar-refractivity contribution in [2.45, 2.75) is 26.4 Å². The molecule has 39 heavy (non-hydrogen) atoms. The first-order chi connectivity index (χ1) is 18.7. The number of nitrogens with zero attached hydrogens (tertiary/aromatic N) is 2. The maximum absolute atomic E-state index is 14.7. The molecule has 2 aliphatic rings. The van der Waals surface area contributed by atoms with E-state index in [2.05, 4.69) is 5.32 Å². The maximum Gasteiger partial charge on any atom is 0.299 e. The summed E-state index contributed by atoms with van der Waals surface area (Å²) >= 11 is 0. The monoisotopic (exact) mass is 531 g/mol. The molecule has 0 spiro atoms. The quantitative estimate of drug-likeness (QED) is 0.444. The third kappa shape index (κ3) is 5.05. The molecule has 0 aliphatic carbocycles. The number of rotatable bonds is 8. The number of hydrogen-bond acceptors (Lipinski definition) is 6. The summed E-state index contributed by atoms with van der Waals surface area (Å²) in [6.07, 6.45) is 0. The van der Waals surface area contributed by atoms with Crippen LogP contribution in [0.3, 0.4) is 0 Å². The number of para-hydroxylation sites is 1. The summed E-state index contributed by atoms with van der Waals surface area (Å²) in [5.41, 5.74) is 1.16. The van der Waals surface area contributed by atoms with Crippen molar-refractivity contribution in [3.05, 3.63) is 83.7 Å². The van der Waals surface area contributed by atoms with E-state index in [0.717, 1.165) is 4.90 Å². The molecule has 0 saturated heterocycles. The molecule has 0 bridgehead atoms. The molecule has 0 saturated carbocycles. The normalized spacial score (nSPS) is 14.4. The highest BCUT2D eigenvalue weighted by Crippen LogP contribution is 2.34. The highest BCUT2D eigenvalue weighted by molar-refractivity contribution is 6.52. The molecular weight excluding hydrogens is 505 g/mol. The Kier molecular flexibility index (Phi) is 7.02. The van der Waals surface area contributed by atoms with Crippen LogP contribution < -0.4 is 19.7 Å². The fourth-order valence-electron chi connectivity index (χ4n) is 4.78. The standard InChI is InChI=1S/C29H26FN3O6/c1-17(2)26(28(36)31-19-11-12-23-24(13-19)39-16-38-23)33(14-18-7-3-5-9-21(18)30)25(34)15-32-22-10-6-4-8-20(22)27(35)29(32)37/h3-13,17,26H,14-16H2,1-2H3,(H,31,36). The molecule has 9 nitrogen and oxygen atoms in total. The van der Waals surface area contributed by atoms with Crippen molar-refractivity contribution >= 4 is 34.9 Å². The second kappa shape index (κ2) is 10.6. The molecule has 5 rings (SSSR count). The second-order valence-electron chi connectivity index (χ2n) is 9.60. The molecule has 1 N–H and O–H groups in total. The van der Waals surface area contributed by atoms with Crippen LogP contribution in [0, 0.1) is 11.7 Å². The fraction of sp³-hybridized carbons (Fsp3) is 0.241. The summed E-state index contributed by atoms with van der Waals surface area (Å²) in [7, 11) is 0. The van der Waals surface area contributed by atoms with E-state index in [0.29, 0.717) is 22.9 Å². The van der Waals surface area contributed by atoms with Crippen molar-refractivity contribution in [2.75, 3.05) is 23.6 Å². The summed E-state index contributed by atoms with van der Waals surface area (Å²) < 4.78 is 25.4. The molecule has 1 atom stereocenters. The average molecular weight is 532 g/mol. The fourth-order valence-corrected chi connectivity index (χ4v) is 4.78. The molecular formula is C29H26FN3O6. The SMILES string of the molecule is CC(C)C(C(=O)Nc1ccc2c(c1)OCO2)N(Cc1ccccc1F)C(=O)CN1C(=O)C(=O)c2ccccc21. The number of carbonyl (C=O) groups is 4. The number of hydrogen-bond donors (Lipinski definition) is 1. The van der Waals surface area contributed by atoms with Crippen molar-refractivity contribution < 1.29 is 33.0 Å². The van der Waals surface area contributed by atoms with Gasteiger partial charge in [0.05, 0.1) is 11.3 Å². The predicted octanol–water partition coefficient (Wildman–Crippen LogP) is 3.78. The molecule has 0 fully saturated rings. The number of anilines is 2. The van der Waals surface area contributed by atoms with Gasteiger partial charge in [0.25, 0.3) is 11.7 Å². The number of ketones is 1. The van der Waals surface area contributed by atoms with Crippen LogP contribution >= 0.6 is 0 Å². The third-order valence-electron chi connectivity index (χ3n) is 6.67. The van der Waals surface area contributed by atoms with Crippen LogP contribution in [0.4, 0.5) is 15.8 Å². The molecule has 0 radical (unpaired) electrons. The van der Waals surface area contributed by atoms with E-state index in [9.17, 15) is 23.6 Å². The first kappa shape index (κ1) is 25.9. The zero-order valence-corrected chi connectivity index (χ0v) is 21.3. The topological polar surface area (TPSA) is 105 Å². The van der Waals surface area contributed by atoms with Gasteiger partial charge in [-0.05, 0) is 36.2 Å². The number of carbonyl (C=O) groups excluding carboxylic acids is 4. The minimum absolute atomic E-state index is 0.0765. The van der Waals surface area contributed by atoms with E-state index in [1.807, 2.05) is 0 Å². The van der Waals surface area contributed by atoms with Crippen molar-refractivity contribution in [3.8, 4) is 11.5 Å². The van der Waals surface area contributed by atoms with E-state index in [1.165, 1.54) is 29.2 Å². The number of amides is 3. The summed E-state index contributed by atoms with van der Waals surface area (Å²) in [6.45, 7) is 2.90. The Hall–Kier alpha value is -4.73. The molecule has 2 aliphatic heterocycles. The Bertz CT molecular complexity index is 1470. The minimum atomic E-state index is -1.04. The Morgan fingerprint density at radius 3 is 2.49 bits per heavy atom. The molecule has 0 aromatic heterocycles. The number of nitrogens with one attached hydrogen (secondary N) is 1. The average Bonchev–Trinajstić information content (AvgIpc) is 3.47. The first-order valence-electron chi connectivity index (χ1n) is 12.4. The lowest BCUT2D eigenvalue weighted by Gasteiger charge is -2.34. The maximum atomic E-state index is 14.7. The van der Waals surface area contributed by atoms with Crippen LogP contribution in [-0.2, 0) is 20.9 Å². The minimum Gasteiger partial charge on any atom is -0.454 e. The van der Waals surface area contributed by atoms with Crippen molar-refractivity contribution in [1.82, 2.24) is 4.90 Å². The van der Waals surface area contributed by atoms with E-state index in [4.69, 9.17) is 9.47 Å². The first-order valence-corrected chi connectivity index (χ1v) is 12.4. The van der Waals surface area contributed by atoms with E-state index in [1.54, 1.807) is 56.3 Å². The molecule has 1 unspecified atom stereocenters. The van der Waals surface area contributed by atoms with Crippen molar-refractivity contribution in [3.63, 3.8) is 0 Å². The number of Topliss-reactive ketones (excluding diaryl/α,β-unsaturated/α-hetero) is 1. The van der Waals surface area contributed by atoms with Gasteiger partial charge in [0.2, 0.25) is 18.6 Å². The van der Waals surface area contributed by atoms with Gasteiger partial charge in [0, 0.05) is 23.9 Å². The zero-order valence-electron chi connectivity index (χ0n) is 21.3. The van der Waals surface area contributed by atoms with Gasteiger partial charge in [-0.3, -0.25) is 24.1 Å². The van der Waals surface area contributed by atoms with E-state index < -0.39 is 47.8 Å². The van der Waals surface area contributed by atoms with Gasteiger partial charge in [0.15, 0.2) is 11.5 Å². The lowest BCUT2D eigenvalue weighted by molar-refractivity contribution is -0.140. The summed E-state index contributed by atoms with van der Waals surface area (Å²) in [5, 5.41) is 2.82. The summed E-state index contributed by atoms with van der Waals surface area (Å²) in [5.74, 6) is -2.56. The largest absolute Gasteiger partial charge is 0.454 e. The zero-order chi connectivity index (χ0) is 27.7. The van der Waals surface area contributed by atoms with Gasteiger partial charge in [-0.1, -0.05) is 44.2 Å². The molecule has 3 aromatic carbocycles. The molecule has 3 amide bonds. The molecule has 200 valence electrons. The van der Waals surface area contributed by atoms with Gasteiger partial charge in [-0.25, -0.2) is 4.39 Å². The smallest absolute Gasteiger partial charge is 0.299 e. The highest BCUT2D eigenvalue weighted by atomic mass is 19.1. The van der Waals surface area contributed by atoms with Crippen LogP contribution in [0.5, 0.6) is 11.5 Å². The van der Waals surface area contributed by atoms with Crippen LogP contribution in [0.2, 0.25) is 0 Å². The highest BCUT2D eigenvalue weighted by Gasteiger charge is 2.40. The number of fused-ring (bicyclic) bond motifs is 2. The molecule has 3 aromatic rings. The van der Waals surface area contributed by atoms with Crippen LogP contribution in [0.25, 0.3) is 0 Å². The van der Waals surface area contributed by atoms with Gasteiger partial charge >= 0.3 is 0 Å². The molecule has 10 heteroatoms. The second-order valence-corrected chi connectivity index (χ2v) is 9.60. The van der Waals surface area contributed by atoms with Crippen LogP contribution in [0.1, 0.15) is 29.8 Å². The van der Waals surface area contributed by atoms with Crippen LogP contribution in [-0.4, -0.2) is 47.8 Å². The van der Waals surface area contributed by atoms with Gasteiger partial charge in [-0.2, -0.15) is 0 Å². The summed E-state index contributed by atoms with van der Waals surface area (Å²) in [4.78, 5) is 55.0. The van der Waals surface area contributed by atoms with E-state index in [-0.39, 0.29) is 24.5 Å². The van der Waals surface area contributed by atoms with Crippen LogP contribution in [0.15, 0.2) is 66.7 Å². The number of ether oxygens (including phenoxy) is 2. The van der Waals surface area contributed by atoms with E-state index >= 15 is 0 Å². The lowest BCUT2D eigenvalue weighted by Crippen LogP contribution is -2.53. The Labute approximate surface area is 224 Å². The lowest BCUT2D eigenvalue weighted by atomic mass is 9.99. The molecule has 2 heterocycles. The van der Waals surface area contributed by atoms with Crippen molar-refractivity contribution in [2.24, 2.45) is 5.92 Å². The Balaban J connectivity index is 1.46. The Morgan fingerprint density at radius 2 is 1.72 bits per heavy atom. The summed E-state index contributed by atoms with van der Waals surface area (Å²) in [6, 6.07) is 16.3. The van der Waals surface area contributed by atoms with Gasteiger partial charge in [-0.15, -0.1) is 0 Å².